The van der Waals surface area contributed by atoms with E-state index in [1.54, 1.807) is 48.8 Å². The lowest BCUT2D eigenvalue weighted by atomic mass is 10.3. The predicted octanol–water partition coefficient (Wildman–Crippen LogP) is 3.10. The van der Waals surface area contributed by atoms with Crippen LogP contribution in [0.15, 0.2) is 29.6 Å². The third kappa shape index (κ3) is 7.43. The van der Waals surface area contributed by atoms with E-state index in [2.05, 4.69) is 15.6 Å². The van der Waals surface area contributed by atoms with Gasteiger partial charge in [0.15, 0.2) is 5.13 Å². The lowest BCUT2D eigenvalue weighted by Crippen LogP contribution is -2.37. The van der Waals surface area contributed by atoms with Crippen molar-refractivity contribution in [1.82, 2.24) is 9.88 Å². The molecule has 28 heavy (non-hydrogen) atoms. The number of nitrogens with zero attached hydrogens (tertiary/aromatic N) is 2. The van der Waals surface area contributed by atoms with E-state index >= 15 is 0 Å². The summed E-state index contributed by atoms with van der Waals surface area (Å²) in [4.78, 5) is 30.5. The minimum Gasteiger partial charge on any atom is -0.383 e. The molecule has 0 saturated heterocycles. The normalized spacial score (nSPS) is 10.5. The van der Waals surface area contributed by atoms with Crippen LogP contribution in [0.3, 0.4) is 0 Å². The molecule has 0 unspecified atom stereocenters. The number of hydrogen-bond acceptors (Lipinski definition) is 6. The van der Waals surface area contributed by atoms with Gasteiger partial charge in [-0.1, -0.05) is 11.6 Å². The van der Waals surface area contributed by atoms with Crippen molar-refractivity contribution >= 4 is 45.7 Å². The van der Waals surface area contributed by atoms with Crippen molar-refractivity contribution in [1.29, 1.82) is 0 Å². The van der Waals surface area contributed by atoms with E-state index < -0.39 is 6.03 Å². The molecule has 2 aromatic rings. The zero-order valence-corrected chi connectivity index (χ0v) is 17.3. The van der Waals surface area contributed by atoms with Gasteiger partial charge in [0.2, 0.25) is 5.91 Å². The van der Waals surface area contributed by atoms with Gasteiger partial charge in [-0.3, -0.25) is 10.1 Å². The SMILES string of the molecule is COCCN(CCOC)C(=O)Cc1csc(NC(=O)Nc2ccc(Cl)cc2)n1. The standard InChI is InChI=1S/C18H23ClN4O4S/c1-26-9-7-23(8-10-27-2)16(24)11-15-12-28-18(21-15)22-17(25)20-14-5-3-13(19)4-6-14/h3-6,12H,7-11H2,1-2H3,(H2,20,21,22,25). The van der Waals surface area contributed by atoms with Gasteiger partial charge in [0.05, 0.1) is 25.3 Å². The van der Waals surface area contributed by atoms with Crippen molar-refractivity contribution in [3.8, 4) is 0 Å². The topological polar surface area (TPSA) is 92.8 Å². The molecule has 0 radical (unpaired) electrons. The highest BCUT2D eigenvalue weighted by atomic mass is 35.5. The molecule has 0 aliphatic heterocycles. The maximum atomic E-state index is 12.5. The highest BCUT2D eigenvalue weighted by molar-refractivity contribution is 7.14. The van der Waals surface area contributed by atoms with Crippen LogP contribution in [0.4, 0.5) is 15.6 Å². The van der Waals surface area contributed by atoms with E-state index in [4.69, 9.17) is 21.1 Å². The van der Waals surface area contributed by atoms with Crippen molar-refractivity contribution in [3.05, 3.63) is 40.4 Å². The highest BCUT2D eigenvalue weighted by Gasteiger charge is 2.16. The summed E-state index contributed by atoms with van der Waals surface area (Å²) in [7, 11) is 3.18. The number of amides is 3. The van der Waals surface area contributed by atoms with Crippen LogP contribution in [0.5, 0.6) is 0 Å². The fraction of sp³-hybridized carbons (Fsp3) is 0.389. The number of thiazole rings is 1. The number of urea groups is 1. The van der Waals surface area contributed by atoms with Crippen molar-refractivity contribution in [2.24, 2.45) is 0 Å². The molecule has 0 bridgehead atoms. The number of nitrogens with one attached hydrogen (secondary N) is 2. The Morgan fingerprint density at radius 3 is 2.36 bits per heavy atom. The highest BCUT2D eigenvalue weighted by Crippen LogP contribution is 2.18. The van der Waals surface area contributed by atoms with Crippen LogP contribution in [0.2, 0.25) is 5.02 Å². The molecule has 2 rings (SSSR count). The number of carbonyl (C=O) groups excluding carboxylic acids is 2. The maximum absolute atomic E-state index is 12.5. The van der Waals surface area contributed by atoms with Crippen molar-refractivity contribution in [3.63, 3.8) is 0 Å². The molecule has 0 aliphatic rings. The second-order valence-corrected chi connectivity index (χ2v) is 7.07. The largest absolute Gasteiger partial charge is 0.383 e. The first-order valence-corrected chi connectivity index (χ1v) is 9.81. The molecule has 8 nitrogen and oxygen atoms in total. The molecule has 3 amide bonds. The summed E-state index contributed by atoms with van der Waals surface area (Å²) < 4.78 is 10.1. The van der Waals surface area contributed by atoms with Gasteiger partial charge in [-0.25, -0.2) is 9.78 Å². The van der Waals surface area contributed by atoms with Crippen LogP contribution in [-0.4, -0.2) is 62.3 Å². The Kier molecular flexibility index (Phi) is 9.15. The van der Waals surface area contributed by atoms with Crippen LogP contribution in [0.1, 0.15) is 5.69 Å². The van der Waals surface area contributed by atoms with E-state index in [9.17, 15) is 9.59 Å². The summed E-state index contributed by atoms with van der Waals surface area (Å²) in [5, 5.41) is 8.09. The van der Waals surface area contributed by atoms with Crippen LogP contribution in [0.25, 0.3) is 0 Å². The molecule has 1 aromatic carbocycles. The van der Waals surface area contributed by atoms with Crippen LogP contribution in [-0.2, 0) is 20.7 Å². The monoisotopic (exact) mass is 426 g/mol. The zero-order valence-electron chi connectivity index (χ0n) is 15.7. The summed E-state index contributed by atoms with van der Waals surface area (Å²) >= 11 is 7.07. The summed E-state index contributed by atoms with van der Waals surface area (Å²) in [6, 6.07) is 6.34. The molecule has 0 saturated carbocycles. The maximum Gasteiger partial charge on any atom is 0.325 e. The van der Waals surface area contributed by atoms with Gasteiger partial charge < -0.3 is 19.7 Å². The Bertz CT molecular complexity index is 761. The van der Waals surface area contributed by atoms with Gasteiger partial charge in [0.1, 0.15) is 0 Å². The molecule has 0 atom stereocenters. The average Bonchev–Trinajstić information content (AvgIpc) is 3.10. The third-order valence-corrected chi connectivity index (χ3v) is 4.75. The van der Waals surface area contributed by atoms with Gasteiger partial charge in [0.25, 0.3) is 0 Å². The van der Waals surface area contributed by atoms with E-state index in [-0.39, 0.29) is 12.3 Å². The number of aromatic nitrogens is 1. The van der Waals surface area contributed by atoms with Gasteiger partial charge in [-0.05, 0) is 24.3 Å². The molecular weight excluding hydrogens is 404 g/mol. The molecule has 0 spiro atoms. The summed E-state index contributed by atoms with van der Waals surface area (Å²) in [5.74, 6) is -0.0726. The number of carbonyl (C=O) groups is 2. The Morgan fingerprint density at radius 1 is 1.11 bits per heavy atom. The Hall–Kier alpha value is -2.20. The minimum absolute atomic E-state index is 0.0726. The van der Waals surface area contributed by atoms with Gasteiger partial charge in [0, 0.05) is 43.4 Å². The molecule has 10 heteroatoms. The van der Waals surface area contributed by atoms with Gasteiger partial charge >= 0.3 is 6.03 Å². The van der Waals surface area contributed by atoms with E-state index in [0.717, 1.165) is 0 Å². The number of hydrogen-bond donors (Lipinski definition) is 2. The van der Waals surface area contributed by atoms with Crippen LogP contribution < -0.4 is 10.6 Å². The van der Waals surface area contributed by atoms with E-state index in [1.807, 2.05) is 0 Å². The molecule has 1 aromatic heterocycles. The van der Waals surface area contributed by atoms with E-state index in [0.29, 0.717) is 47.8 Å². The molecule has 0 fully saturated rings. The lowest BCUT2D eigenvalue weighted by molar-refractivity contribution is -0.131. The van der Waals surface area contributed by atoms with Gasteiger partial charge in [-0.2, -0.15) is 0 Å². The Labute approximate surface area is 172 Å². The van der Waals surface area contributed by atoms with Crippen molar-refractivity contribution in [2.75, 3.05) is 51.2 Å². The number of ether oxygens (including phenoxy) is 2. The predicted molar refractivity (Wildman–Crippen MR) is 110 cm³/mol. The van der Waals surface area contributed by atoms with Crippen LogP contribution in [0, 0.1) is 0 Å². The Morgan fingerprint density at radius 2 is 1.75 bits per heavy atom. The fourth-order valence-corrected chi connectivity index (χ4v) is 3.10. The summed E-state index contributed by atoms with van der Waals surface area (Å²) in [6.07, 6.45) is 0.143. The summed E-state index contributed by atoms with van der Waals surface area (Å²) in [6.45, 7) is 1.86. The number of halogens is 1. The first-order valence-electron chi connectivity index (χ1n) is 8.55. The third-order valence-electron chi connectivity index (χ3n) is 3.69. The van der Waals surface area contributed by atoms with Crippen molar-refractivity contribution in [2.45, 2.75) is 6.42 Å². The second-order valence-electron chi connectivity index (χ2n) is 5.77. The molecule has 1 heterocycles. The molecular formula is C18H23ClN4O4S. The number of benzene rings is 1. The van der Waals surface area contributed by atoms with Gasteiger partial charge in [-0.15, -0.1) is 11.3 Å². The second kappa shape index (κ2) is 11.6. The lowest BCUT2D eigenvalue weighted by Gasteiger charge is -2.21. The molecule has 0 aliphatic carbocycles. The quantitative estimate of drug-likeness (QED) is 0.609. The first kappa shape index (κ1) is 22.1. The minimum atomic E-state index is -0.420. The molecule has 2 N–H and O–H groups in total. The number of rotatable bonds is 10. The number of anilines is 2. The van der Waals surface area contributed by atoms with E-state index in [1.165, 1.54) is 11.3 Å². The van der Waals surface area contributed by atoms with Crippen molar-refractivity contribution < 1.29 is 19.1 Å². The number of methoxy groups -OCH3 is 2. The molecule has 152 valence electrons. The smallest absolute Gasteiger partial charge is 0.325 e. The fourth-order valence-electron chi connectivity index (χ4n) is 2.27. The zero-order chi connectivity index (χ0) is 20.4. The van der Waals surface area contributed by atoms with Crippen LogP contribution >= 0.6 is 22.9 Å². The summed E-state index contributed by atoms with van der Waals surface area (Å²) in [5.41, 5.74) is 1.21. The Balaban J connectivity index is 1.88. The average molecular weight is 427 g/mol. The first-order chi connectivity index (χ1) is 13.5.